The smallest absolute Gasteiger partial charge is 0.352 e. The van der Waals surface area contributed by atoms with Crippen molar-refractivity contribution in [3.05, 3.63) is 97.5 Å². The topological polar surface area (TPSA) is 124 Å². The maximum absolute atomic E-state index is 15.5. The number of fused-ring (bicyclic) bond motifs is 4. The third-order valence-corrected chi connectivity index (χ3v) is 12.8. The standard InChI is InChI=1S/C45H48Cl2N6O6/c1-24-17-30-21-36(45(56)57)51(23-37(54)50-12-15-58-16-13-50)41(30)35(18-24)52-22-27(4)53-42-33(10-11-34(46)39(42)38-28(5)48-49(7)29(38)6)32(43(53)44(52)55)9-8-14-59-31-19-25(2)40(47)26(3)20-31/h10-11,17-21,27H,8-9,12-16,22-23H2,1-7H3,(H,56,57). The summed E-state index contributed by atoms with van der Waals surface area (Å²) in [6.07, 6.45) is 1.14. The lowest BCUT2D eigenvalue weighted by Gasteiger charge is -2.35. The van der Waals surface area contributed by atoms with Crippen LogP contribution in [-0.4, -0.2) is 86.2 Å². The molecule has 0 aliphatic carbocycles. The van der Waals surface area contributed by atoms with Crippen LogP contribution < -0.4 is 9.64 Å². The number of carbonyl (C=O) groups is 3. The largest absolute Gasteiger partial charge is 0.494 e. The molecule has 1 fully saturated rings. The number of hydrogen-bond donors (Lipinski definition) is 1. The van der Waals surface area contributed by atoms with Gasteiger partial charge in [-0.1, -0.05) is 29.3 Å². The summed E-state index contributed by atoms with van der Waals surface area (Å²) in [6.45, 7) is 14.1. The summed E-state index contributed by atoms with van der Waals surface area (Å²) in [5.74, 6) is -0.856. The van der Waals surface area contributed by atoms with E-state index >= 15 is 4.79 Å². The van der Waals surface area contributed by atoms with Crippen LogP contribution in [0.3, 0.4) is 0 Å². The van der Waals surface area contributed by atoms with E-state index < -0.39 is 5.97 Å². The first-order valence-electron chi connectivity index (χ1n) is 20.0. The zero-order valence-electron chi connectivity index (χ0n) is 34.4. The quantitative estimate of drug-likeness (QED) is 0.137. The molecule has 14 heteroatoms. The van der Waals surface area contributed by atoms with E-state index in [9.17, 15) is 14.7 Å². The number of aromatic carboxylic acids is 1. The minimum absolute atomic E-state index is 0.0201. The number of carbonyl (C=O) groups excluding carboxylic acids is 2. The van der Waals surface area contributed by atoms with Gasteiger partial charge >= 0.3 is 5.97 Å². The average molecular weight is 840 g/mol. The van der Waals surface area contributed by atoms with Gasteiger partial charge in [0.2, 0.25) is 5.91 Å². The first-order valence-corrected chi connectivity index (χ1v) is 20.7. The van der Waals surface area contributed by atoms with Gasteiger partial charge in [-0.2, -0.15) is 5.10 Å². The highest BCUT2D eigenvalue weighted by molar-refractivity contribution is 6.35. The summed E-state index contributed by atoms with van der Waals surface area (Å²) in [5.41, 5.74) is 9.62. The number of halogens is 2. The second kappa shape index (κ2) is 15.7. The highest BCUT2D eigenvalue weighted by atomic mass is 35.5. The van der Waals surface area contributed by atoms with Gasteiger partial charge in [0.25, 0.3) is 5.91 Å². The Balaban J connectivity index is 1.27. The van der Waals surface area contributed by atoms with Crippen LogP contribution >= 0.6 is 23.2 Å². The predicted molar refractivity (Wildman–Crippen MR) is 231 cm³/mol. The van der Waals surface area contributed by atoms with Gasteiger partial charge < -0.3 is 33.5 Å². The molecule has 2 aliphatic rings. The third kappa shape index (κ3) is 7.04. The van der Waals surface area contributed by atoms with Crippen molar-refractivity contribution in [2.24, 2.45) is 7.05 Å². The lowest BCUT2D eigenvalue weighted by atomic mass is 9.98. The van der Waals surface area contributed by atoms with Gasteiger partial charge in [-0.15, -0.1) is 0 Å². The Bertz CT molecular complexity index is 2680. The third-order valence-electron chi connectivity index (χ3n) is 11.8. The molecule has 2 amide bonds. The van der Waals surface area contributed by atoms with Crippen molar-refractivity contribution in [1.82, 2.24) is 23.8 Å². The molecule has 12 nitrogen and oxygen atoms in total. The number of amides is 2. The van der Waals surface area contributed by atoms with E-state index in [4.69, 9.17) is 37.8 Å². The number of benzene rings is 3. The number of ether oxygens (including phenoxy) is 2. The Morgan fingerprint density at radius 1 is 0.966 bits per heavy atom. The van der Waals surface area contributed by atoms with Crippen LogP contribution in [0.2, 0.25) is 10.0 Å². The van der Waals surface area contributed by atoms with Crippen LogP contribution in [0, 0.1) is 34.6 Å². The molecule has 59 heavy (non-hydrogen) atoms. The SMILES string of the molecule is Cc1cc(N2CC(C)n3c(c(CCCOc4cc(C)c(Cl)c(C)c4)c4ccc(Cl)c(-c5c(C)nn(C)c5C)c43)C2=O)c2c(c1)cc(C(=O)O)n2CC(=O)N1CCOCC1. The molecule has 1 atom stereocenters. The van der Waals surface area contributed by atoms with E-state index in [1.54, 1.807) is 20.4 Å². The number of aryl methyl sites for hydroxylation is 6. The van der Waals surface area contributed by atoms with Crippen molar-refractivity contribution < 1.29 is 29.0 Å². The summed E-state index contributed by atoms with van der Waals surface area (Å²) in [7, 11) is 1.91. The molecule has 6 aromatic rings. The number of hydrogen-bond acceptors (Lipinski definition) is 6. The number of carboxylic acids is 1. The Morgan fingerprint density at radius 3 is 2.34 bits per heavy atom. The lowest BCUT2D eigenvalue weighted by molar-refractivity contribution is -0.135. The van der Waals surface area contributed by atoms with Gasteiger partial charge in [-0.3, -0.25) is 14.3 Å². The van der Waals surface area contributed by atoms with Crippen molar-refractivity contribution in [3.63, 3.8) is 0 Å². The van der Waals surface area contributed by atoms with E-state index in [-0.39, 0.29) is 36.6 Å². The molecule has 1 unspecified atom stereocenters. The van der Waals surface area contributed by atoms with Crippen LogP contribution in [0.5, 0.6) is 5.75 Å². The van der Waals surface area contributed by atoms with E-state index in [0.717, 1.165) is 66.4 Å². The first-order chi connectivity index (χ1) is 28.2. The van der Waals surface area contributed by atoms with Gasteiger partial charge in [-0.25, -0.2) is 4.79 Å². The number of carboxylic acid groups (broad SMARTS) is 1. The van der Waals surface area contributed by atoms with E-state index in [1.165, 1.54) is 0 Å². The van der Waals surface area contributed by atoms with Crippen molar-refractivity contribution >= 4 is 68.5 Å². The van der Waals surface area contributed by atoms with Gasteiger partial charge in [0.1, 0.15) is 23.7 Å². The minimum Gasteiger partial charge on any atom is -0.494 e. The molecule has 1 saturated heterocycles. The van der Waals surface area contributed by atoms with Crippen molar-refractivity contribution in [3.8, 4) is 16.9 Å². The minimum atomic E-state index is -1.16. The van der Waals surface area contributed by atoms with E-state index in [0.29, 0.717) is 73.1 Å². The summed E-state index contributed by atoms with van der Waals surface area (Å²) < 4.78 is 17.3. The molecule has 308 valence electrons. The molecular weight excluding hydrogens is 791 g/mol. The number of nitrogens with zero attached hydrogens (tertiary/aromatic N) is 6. The van der Waals surface area contributed by atoms with Crippen LogP contribution in [0.15, 0.2) is 42.5 Å². The van der Waals surface area contributed by atoms with E-state index in [1.807, 2.05) is 82.7 Å². The fourth-order valence-electron chi connectivity index (χ4n) is 9.07. The molecular formula is C45H48Cl2N6O6. The second-order valence-corrected chi connectivity index (χ2v) is 16.7. The monoisotopic (exact) mass is 838 g/mol. The molecule has 3 aromatic heterocycles. The van der Waals surface area contributed by atoms with Gasteiger partial charge in [0.15, 0.2) is 0 Å². The maximum atomic E-state index is 15.5. The van der Waals surface area contributed by atoms with Crippen LogP contribution in [0.4, 0.5) is 5.69 Å². The first kappa shape index (κ1) is 40.5. The molecule has 0 radical (unpaired) electrons. The van der Waals surface area contributed by atoms with Crippen molar-refractivity contribution in [2.75, 3.05) is 44.4 Å². The Kier molecular flexibility index (Phi) is 10.8. The fraction of sp³-hybridized carbons (Fsp3) is 0.378. The maximum Gasteiger partial charge on any atom is 0.352 e. The number of rotatable bonds is 10. The summed E-state index contributed by atoms with van der Waals surface area (Å²) in [6, 6.07) is 13.0. The average Bonchev–Trinajstić information content (AvgIpc) is 3.82. The van der Waals surface area contributed by atoms with Gasteiger partial charge in [0, 0.05) is 65.3 Å². The molecule has 0 spiro atoms. The van der Waals surface area contributed by atoms with Gasteiger partial charge in [0.05, 0.1) is 47.3 Å². The molecule has 0 bridgehead atoms. The molecule has 0 saturated carbocycles. The molecule has 3 aromatic carbocycles. The fourth-order valence-corrected chi connectivity index (χ4v) is 9.43. The van der Waals surface area contributed by atoms with Crippen LogP contribution in [0.25, 0.3) is 32.9 Å². The van der Waals surface area contributed by atoms with Crippen LogP contribution in [0.1, 0.15) is 74.0 Å². The highest BCUT2D eigenvalue weighted by Gasteiger charge is 2.38. The van der Waals surface area contributed by atoms with Crippen LogP contribution in [-0.2, 0) is 29.5 Å². The Labute approximate surface area is 352 Å². The number of morpholine rings is 1. The normalized spacial score (nSPS) is 15.7. The molecule has 5 heterocycles. The summed E-state index contributed by atoms with van der Waals surface area (Å²) in [4.78, 5) is 45.4. The summed E-state index contributed by atoms with van der Waals surface area (Å²) in [5, 5.41) is 18.0. The predicted octanol–water partition coefficient (Wildman–Crippen LogP) is 8.64. The van der Waals surface area contributed by atoms with E-state index in [2.05, 4.69) is 11.5 Å². The summed E-state index contributed by atoms with van der Waals surface area (Å²) >= 11 is 13.6. The van der Waals surface area contributed by atoms with Crippen molar-refractivity contribution in [2.45, 2.75) is 67.0 Å². The Hall–Kier alpha value is -5.30. The number of anilines is 1. The lowest BCUT2D eigenvalue weighted by Crippen LogP contribution is -2.43. The molecule has 1 N–H and O–H groups in total. The highest BCUT2D eigenvalue weighted by Crippen LogP contribution is 2.46. The zero-order chi connectivity index (χ0) is 42.0. The van der Waals surface area contributed by atoms with Gasteiger partial charge in [-0.05, 0) is 113 Å². The molecule has 8 rings (SSSR count). The second-order valence-electron chi connectivity index (χ2n) is 15.9. The molecule has 2 aliphatic heterocycles. The zero-order valence-corrected chi connectivity index (χ0v) is 35.9. The number of aromatic nitrogens is 4. The Morgan fingerprint density at radius 2 is 1.68 bits per heavy atom. The van der Waals surface area contributed by atoms with Crippen molar-refractivity contribution in [1.29, 1.82) is 0 Å².